The van der Waals surface area contributed by atoms with Crippen LogP contribution in [-0.2, 0) is 0 Å². The summed E-state index contributed by atoms with van der Waals surface area (Å²) < 4.78 is 14.7. The van der Waals surface area contributed by atoms with E-state index in [9.17, 15) is 4.39 Å². The molecule has 1 nitrogen and oxygen atoms in total. The predicted molar refractivity (Wildman–Crippen MR) is 68.2 cm³/mol. The molecule has 88 valence electrons. The topological polar surface area (TPSA) is 12.0 Å². The number of hydrogen-bond donors (Lipinski definition) is 1. The highest BCUT2D eigenvalue weighted by Crippen LogP contribution is 2.35. The van der Waals surface area contributed by atoms with Gasteiger partial charge in [-0.25, -0.2) is 4.39 Å². The first-order valence-corrected chi connectivity index (χ1v) is 6.62. The maximum atomic E-state index is 13.7. The van der Waals surface area contributed by atoms with Gasteiger partial charge < -0.3 is 5.32 Å². The molecular weight excluding hydrogens is 269 g/mol. The third-order valence-corrected chi connectivity index (χ3v) is 4.03. The SMILES string of the molecule is CNC1CCC(c2cc(Br)ccc2F)CC1. The highest BCUT2D eigenvalue weighted by molar-refractivity contribution is 9.10. The lowest BCUT2D eigenvalue weighted by atomic mass is 9.81. The first-order chi connectivity index (χ1) is 7.70. The number of hydrogen-bond acceptors (Lipinski definition) is 1. The van der Waals surface area contributed by atoms with E-state index in [0.717, 1.165) is 35.7 Å². The van der Waals surface area contributed by atoms with Crippen LogP contribution in [0.25, 0.3) is 0 Å². The Hall–Kier alpha value is -0.410. The minimum absolute atomic E-state index is 0.0592. The molecule has 1 aromatic rings. The molecule has 1 aliphatic carbocycles. The van der Waals surface area contributed by atoms with Crippen LogP contribution in [0, 0.1) is 5.82 Å². The van der Waals surface area contributed by atoms with Crippen LogP contribution in [0.3, 0.4) is 0 Å². The van der Waals surface area contributed by atoms with Crippen LogP contribution in [0.2, 0.25) is 0 Å². The van der Waals surface area contributed by atoms with Crippen molar-refractivity contribution in [3.05, 3.63) is 34.1 Å². The molecular formula is C13H17BrFN. The Balaban J connectivity index is 2.10. The van der Waals surface area contributed by atoms with E-state index in [2.05, 4.69) is 21.2 Å². The molecule has 0 saturated heterocycles. The zero-order chi connectivity index (χ0) is 11.5. The largest absolute Gasteiger partial charge is 0.317 e. The molecule has 0 unspecified atom stereocenters. The molecule has 2 rings (SSSR count). The van der Waals surface area contributed by atoms with E-state index in [4.69, 9.17) is 0 Å². The Labute approximate surface area is 105 Å². The van der Waals surface area contributed by atoms with E-state index in [0.29, 0.717) is 12.0 Å². The van der Waals surface area contributed by atoms with E-state index in [-0.39, 0.29) is 5.82 Å². The van der Waals surface area contributed by atoms with E-state index in [1.807, 2.05) is 13.1 Å². The Morgan fingerprint density at radius 1 is 1.25 bits per heavy atom. The second-order valence-electron chi connectivity index (χ2n) is 4.50. The minimum Gasteiger partial charge on any atom is -0.317 e. The van der Waals surface area contributed by atoms with Crippen molar-refractivity contribution in [1.82, 2.24) is 5.32 Å². The van der Waals surface area contributed by atoms with E-state index < -0.39 is 0 Å². The second kappa shape index (κ2) is 5.28. The number of halogens is 2. The summed E-state index contributed by atoms with van der Waals surface area (Å²) in [6.45, 7) is 0. The number of benzene rings is 1. The molecule has 1 saturated carbocycles. The molecule has 0 spiro atoms. The molecule has 0 radical (unpaired) electrons. The van der Waals surface area contributed by atoms with E-state index in [1.54, 1.807) is 12.1 Å². The average molecular weight is 286 g/mol. The fraction of sp³-hybridized carbons (Fsp3) is 0.538. The molecule has 0 aliphatic heterocycles. The van der Waals surface area contributed by atoms with Crippen molar-refractivity contribution >= 4 is 15.9 Å². The van der Waals surface area contributed by atoms with Gasteiger partial charge in [0.2, 0.25) is 0 Å². The van der Waals surface area contributed by atoms with Gasteiger partial charge >= 0.3 is 0 Å². The molecule has 1 aliphatic rings. The van der Waals surface area contributed by atoms with Crippen molar-refractivity contribution in [3.8, 4) is 0 Å². The van der Waals surface area contributed by atoms with Crippen LogP contribution in [-0.4, -0.2) is 13.1 Å². The summed E-state index contributed by atoms with van der Waals surface area (Å²) in [4.78, 5) is 0. The van der Waals surface area contributed by atoms with Crippen molar-refractivity contribution in [3.63, 3.8) is 0 Å². The fourth-order valence-corrected chi connectivity index (χ4v) is 2.90. The van der Waals surface area contributed by atoms with Gasteiger partial charge in [0, 0.05) is 10.5 Å². The van der Waals surface area contributed by atoms with Crippen molar-refractivity contribution in [2.45, 2.75) is 37.6 Å². The van der Waals surface area contributed by atoms with Crippen LogP contribution in [0.4, 0.5) is 4.39 Å². The van der Waals surface area contributed by atoms with Gasteiger partial charge in [0.1, 0.15) is 5.82 Å². The van der Waals surface area contributed by atoms with E-state index >= 15 is 0 Å². The zero-order valence-electron chi connectivity index (χ0n) is 9.47. The molecule has 1 fully saturated rings. The molecule has 1 N–H and O–H groups in total. The summed E-state index contributed by atoms with van der Waals surface area (Å²) in [6.07, 6.45) is 4.46. The molecule has 1 aromatic carbocycles. The first-order valence-electron chi connectivity index (χ1n) is 5.83. The fourth-order valence-electron chi connectivity index (χ4n) is 2.52. The van der Waals surface area contributed by atoms with Crippen LogP contribution in [0.15, 0.2) is 22.7 Å². The molecule has 3 heteroatoms. The van der Waals surface area contributed by atoms with Crippen LogP contribution in [0.1, 0.15) is 37.2 Å². The predicted octanol–water partition coefficient (Wildman–Crippen LogP) is 3.83. The Morgan fingerprint density at radius 3 is 2.56 bits per heavy atom. The van der Waals surface area contributed by atoms with Gasteiger partial charge in [-0.3, -0.25) is 0 Å². The lowest BCUT2D eigenvalue weighted by molar-refractivity contribution is 0.353. The molecule has 0 aromatic heterocycles. The highest BCUT2D eigenvalue weighted by Gasteiger charge is 2.23. The normalized spacial score (nSPS) is 25.7. The smallest absolute Gasteiger partial charge is 0.126 e. The highest BCUT2D eigenvalue weighted by atomic mass is 79.9. The van der Waals surface area contributed by atoms with Crippen molar-refractivity contribution in [1.29, 1.82) is 0 Å². The first kappa shape index (κ1) is 12.1. The lowest BCUT2D eigenvalue weighted by Crippen LogP contribution is -2.29. The third kappa shape index (κ3) is 2.64. The van der Waals surface area contributed by atoms with Crippen molar-refractivity contribution in [2.75, 3.05) is 7.05 Å². The number of rotatable bonds is 2. The third-order valence-electron chi connectivity index (χ3n) is 3.53. The summed E-state index contributed by atoms with van der Waals surface area (Å²) in [5.74, 6) is 0.332. The molecule has 16 heavy (non-hydrogen) atoms. The van der Waals surface area contributed by atoms with Crippen molar-refractivity contribution < 1.29 is 4.39 Å². The summed E-state index contributed by atoms with van der Waals surface area (Å²) in [5, 5.41) is 3.30. The number of nitrogens with one attached hydrogen (secondary N) is 1. The van der Waals surface area contributed by atoms with Gasteiger partial charge in [-0.2, -0.15) is 0 Å². The monoisotopic (exact) mass is 285 g/mol. The van der Waals surface area contributed by atoms with E-state index in [1.165, 1.54) is 0 Å². The van der Waals surface area contributed by atoms with Crippen LogP contribution < -0.4 is 5.32 Å². The zero-order valence-corrected chi connectivity index (χ0v) is 11.1. The van der Waals surface area contributed by atoms with Gasteiger partial charge in [0.15, 0.2) is 0 Å². The Kier molecular flexibility index (Phi) is 3.98. The van der Waals surface area contributed by atoms with Crippen molar-refractivity contribution in [2.24, 2.45) is 0 Å². The van der Waals surface area contributed by atoms with Gasteiger partial charge in [-0.15, -0.1) is 0 Å². The maximum absolute atomic E-state index is 13.7. The summed E-state index contributed by atoms with van der Waals surface area (Å²) in [5.41, 5.74) is 0.879. The lowest BCUT2D eigenvalue weighted by Gasteiger charge is -2.28. The van der Waals surface area contributed by atoms with Gasteiger partial charge in [-0.05, 0) is 62.4 Å². The second-order valence-corrected chi connectivity index (χ2v) is 5.42. The quantitative estimate of drug-likeness (QED) is 0.871. The van der Waals surface area contributed by atoms with Gasteiger partial charge in [0.25, 0.3) is 0 Å². The maximum Gasteiger partial charge on any atom is 0.126 e. The molecule has 0 heterocycles. The summed E-state index contributed by atoms with van der Waals surface area (Å²) in [7, 11) is 2.00. The molecule has 0 bridgehead atoms. The van der Waals surface area contributed by atoms with Crippen LogP contribution >= 0.6 is 15.9 Å². The van der Waals surface area contributed by atoms with Gasteiger partial charge in [0.05, 0.1) is 0 Å². The Bertz CT molecular complexity index is 359. The standard InChI is InChI=1S/C13H17BrFN/c1-16-11-5-2-9(3-6-11)12-8-10(14)4-7-13(12)15/h4,7-9,11,16H,2-3,5-6H2,1H3. The van der Waals surface area contributed by atoms with Crippen LogP contribution in [0.5, 0.6) is 0 Å². The van der Waals surface area contributed by atoms with Gasteiger partial charge in [-0.1, -0.05) is 15.9 Å². The Morgan fingerprint density at radius 2 is 1.94 bits per heavy atom. The summed E-state index contributed by atoms with van der Waals surface area (Å²) in [6, 6.07) is 5.87. The minimum atomic E-state index is -0.0592. The summed E-state index contributed by atoms with van der Waals surface area (Å²) >= 11 is 3.41. The molecule has 0 amide bonds. The average Bonchev–Trinajstić information content (AvgIpc) is 2.32. The molecule has 0 atom stereocenters.